The Morgan fingerprint density at radius 2 is 1.79 bits per heavy atom. The summed E-state index contributed by atoms with van der Waals surface area (Å²) in [6.07, 6.45) is 5.49. The minimum atomic E-state index is -3.85. The first-order chi connectivity index (χ1) is 20.1. The number of sulfonamides is 1. The number of aromatic nitrogens is 1. The van der Waals surface area contributed by atoms with Crippen LogP contribution in [0.1, 0.15) is 55.5 Å². The van der Waals surface area contributed by atoms with Crippen LogP contribution < -0.4 is 10.1 Å². The van der Waals surface area contributed by atoms with E-state index in [1.807, 2.05) is 18.3 Å². The second kappa shape index (κ2) is 13.1. The van der Waals surface area contributed by atoms with Gasteiger partial charge in [-0.25, -0.2) is 8.42 Å². The number of hydrogen-bond acceptors (Lipinski definition) is 7. The van der Waals surface area contributed by atoms with Gasteiger partial charge in [0.1, 0.15) is 11.9 Å². The molecular weight excluding hydrogens is 554 g/mol. The second-order valence-electron chi connectivity index (χ2n) is 12.2. The highest BCUT2D eigenvalue weighted by molar-refractivity contribution is 7.89. The summed E-state index contributed by atoms with van der Waals surface area (Å²) >= 11 is 0. The summed E-state index contributed by atoms with van der Waals surface area (Å²) in [5.74, 6) is 0.491. The fraction of sp³-hybridized carbons (Fsp3) is 0.645. The summed E-state index contributed by atoms with van der Waals surface area (Å²) in [6, 6.07) is 7.46. The number of carbonyl (C=O) groups excluding carboxylic acids is 1. The van der Waals surface area contributed by atoms with E-state index in [1.165, 1.54) is 10.7 Å². The highest BCUT2D eigenvalue weighted by Crippen LogP contribution is 2.35. The van der Waals surface area contributed by atoms with Crippen molar-refractivity contribution in [2.75, 3.05) is 53.5 Å². The molecule has 10 nitrogen and oxygen atoms in total. The Morgan fingerprint density at radius 3 is 2.48 bits per heavy atom. The van der Waals surface area contributed by atoms with E-state index in [0.717, 1.165) is 51.1 Å². The van der Waals surface area contributed by atoms with Crippen LogP contribution in [0.2, 0.25) is 0 Å². The Hall–Kier alpha value is -2.44. The van der Waals surface area contributed by atoms with Gasteiger partial charge >= 0.3 is 0 Å². The number of rotatable bonds is 9. The van der Waals surface area contributed by atoms with Gasteiger partial charge in [-0.15, -0.1) is 0 Å². The van der Waals surface area contributed by atoms with Gasteiger partial charge < -0.3 is 24.3 Å². The smallest absolute Gasteiger partial charge is 0.249 e. The van der Waals surface area contributed by atoms with Gasteiger partial charge in [0.25, 0.3) is 0 Å². The molecule has 4 unspecified atom stereocenters. The van der Waals surface area contributed by atoms with Gasteiger partial charge in [-0.3, -0.25) is 9.69 Å². The van der Waals surface area contributed by atoms with Crippen molar-refractivity contribution in [1.29, 1.82) is 0 Å². The first-order valence-corrected chi connectivity index (χ1v) is 16.7. The van der Waals surface area contributed by atoms with Gasteiger partial charge in [-0.05, 0) is 88.9 Å². The minimum absolute atomic E-state index is 0.0840. The number of aryl methyl sites for hydroxylation is 2. The highest BCUT2D eigenvalue weighted by Gasteiger charge is 2.39. The number of likely N-dealkylation sites (N-methyl/N-ethyl adjacent to an activating group) is 1. The largest absolute Gasteiger partial charge is 0.497 e. The lowest BCUT2D eigenvalue weighted by atomic mass is 9.89. The molecule has 4 atom stereocenters. The third-order valence-corrected chi connectivity index (χ3v) is 11.5. The number of nitrogens with zero attached hydrogens (tertiary/aromatic N) is 4. The van der Waals surface area contributed by atoms with Crippen LogP contribution >= 0.6 is 0 Å². The Labute approximate surface area is 251 Å². The normalized spacial score (nSPS) is 25.1. The molecule has 0 spiro atoms. The quantitative estimate of drug-likeness (QED) is 0.472. The summed E-state index contributed by atoms with van der Waals surface area (Å²) in [5, 5.41) is 3.24. The average Bonchev–Trinajstić information content (AvgIpc) is 3.45. The molecule has 2 aromatic rings. The predicted molar refractivity (Wildman–Crippen MR) is 162 cm³/mol. The van der Waals surface area contributed by atoms with Gasteiger partial charge in [0.15, 0.2) is 0 Å². The number of ether oxygens (including phenoxy) is 2. The summed E-state index contributed by atoms with van der Waals surface area (Å²) in [7, 11) is -0.108. The number of carbonyl (C=O) groups is 1. The van der Waals surface area contributed by atoms with E-state index >= 15 is 0 Å². The van der Waals surface area contributed by atoms with Crippen molar-refractivity contribution < 1.29 is 22.7 Å². The van der Waals surface area contributed by atoms with E-state index in [0.29, 0.717) is 40.9 Å². The van der Waals surface area contributed by atoms with Crippen LogP contribution in [-0.2, 0) is 26.1 Å². The Bertz CT molecular complexity index is 1330. The topological polar surface area (TPSA) is 96.3 Å². The zero-order valence-electron chi connectivity index (χ0n) is 25.7. The van der Waals surface area contributed by atoms with Crippen LogP contribution in [0.3, 0.4) is 0 Å². The fourth-order valence-electron chi connectivity index (χ4n) is 6.90. The molecule has 3 heterocycles. The molecule has 2 fully saturated rings. The van der Waals surface area contributed by atoms with Gasteiger partial charge in [-0.2, -0.15) is 4.31 Å². The number of amides is 1. The van der Waals surface area contributed by atoms with Gasteiger partial charge in [0.05, 0.1) is 24.7 Å². The molecule has 11 heteroatoms. The van der Waals surface area contributed by atoms with Gasteiger partial charge in [-0.1, -0.05) is 0 Å². The Kier molecular flexibility index (Phi) is 9.63. The van der Waals surface area contributed by atoms with E-state index < -0.39 is 22.2 Å². The first kappa shape index (κ1) is 31.0. The molecule has 1 aromatic heterocycles. The Morgan fingerprint density at radius 1 is 1.07 bits per heavy atom. The molecule has 1 amide bonds. The van der Waals surface area contributed by atoms with Crippen LogP contribution in [0.15, 0.2) is 35.4 Å². The molecule has 1 saturated heterocycles. The summed E-state index contributed by atoms with van der Waals surface area (Å²) in [4.78, 5) is 18.5. The van der Waals surface area contributed by atoms with Crippen LogP contribution in [0, 0.1) is 13.8 Å². The van der Waals surface area contributed by atoms with E-state index in [-0.39, 0.29) is 18.6 Å². The molecule has 1 saturated carbocycles. The number of nitrogens with one attached hydrogen (secondary N) is 1. The highest BCUT2D eigenvalue weighted by atomic mass is 32.2. The number of benzene rings is 1. The standard InChI is InChI=1S/C31H47N5O5S/c1-22-18-27(40-5)19-23(2)30(22)42(38,39)36-17-16-35-11-7-10-28(35)29(36)21-41-24(3)31(37)32-25-8-6-9-26(20-25)34-14-12-33(4)13-15-34/h7,10-11,18-19,24-26,29H,6,8-9,12-17,20-21H2,1-5H3,(H,32,37). The van der Waals surface area contributed by atoms with E-state index in [9.17, 15) is 13.2 Å². The molecule has 0 bridgehead atoms. The molecule has 232 valence electrons. The average molecular weight is 602 g/mol. The molecule has 2 aliphatic heterocycles. The third-order valence-electron chi connectivity index (χ3n) is 9.27. The molecular formula is C31H47N5O5S. The van der Waals surface area contributed by atoms with Gasteiger partial charge in [0, 0.05) is 63.2 Å². The Balaban J connectivity index is 1.25. The SMILES string of the molecule is COc1cc(C)c(S(=O)(=O)N2CCn3cccc3C2COC(C)C(=O)NC2CCCC(N3CCN(C)CC3)C2)c(C)c1. The summed E-state index contributed by atoms with van der Waals surface area (Å²) in [6.45, 7) is 10.7. The van der Waals surface area contributed by atoms with Crippen molar-refractivity contribution in [2.24, 2.45) is 0 Å². The molecule has 1 aliphatic carbocycles. The number of methoxy groups -OCH3 is 1. The molecule has 1 N–H and O–H groups in total. The molecule has 42 heavy (non-hydrogen) atoms. The molecule has 5 rings (SSSR count). The van der Waals surface area contributed by atoms with Crippen molar-refractivity contribution in [2.45, 2.75) is 82.1 Å². The lowest BCUT2D eigenvalue weighted by Crippen LogP contribution is -2.53. The fourth-order valence-corrected chi connectivity index (χ4v) is 8.89. The van der Waals surface area contributed by atoms with Crippen molar-refractivity contribution in [1.82, 2.24) is 24.0 Å². The van der Waals surface area contributed by atoms with Crippen molar-refractivity contribution >= 4 is 15.9 Å². The maximum absolute atomic E-state index is 14.1. The monoisotopic (exact) mass is 601 g/mol. The molecule has 0 radical (unpaired) electrons. The lowest BCUT2D eigenvalue weighted by molar-refractivity contribution is -0.133. The predicted octanol–water partition coefficient (Wildman–Crippen LogP) is 2.94. The third kappa shape index (κ3) is 6.55. The maximum Gasteiger partial charge on any atom is 0.249 e. The summed E-state index contributed by atoms with van der Waals surface area (Å²) < 4.78 is 43.4. The zero-order valence-corrected chi connectivity index (χ0v) is 26.5. The number of fused-ring (bicyclic) bond motifs is 1. The second-order valence-corrected chi connectivity index (χ2v) is 14.0. The molecule has 3 aliphatic rings. The van der Waals surface area contributed by atoms with Crippen molar-refractivity contribution in [3.05, 3.63) is 47.3 Å². The van der Waals surface area contributed by atoms with Crippen LogP contribution in [-0.4, -0.2) is 105 Å². The molecule has 1 aromatic carbocycles. The minimum Gasteiger partial charge on any atom is -0.497 e. The van der Waals surface area contributed by atoms with Crippen LogP contribution in [0.4, 0.5) is 0 Å². The van der Waals surface area contributed by atoms with E-state index in [2.05, 4.69) is 26.7 Å². The van der Waals surface area contributed by atoms with Crippen molar-refractivity contribution in [3.63, 3.8) is 0 Å². The zero-order chi connectivity index (χ0) is 30.0. The number of piperazine rings is 1. The van der Waals surface area contributed by atoms with E-state index in [4.69, 9.17) is 9.47 Å². The lowest BCUT2D eigenvalue weighted by Gasteiger charge is -2.41. The summed E-state index contributed by atoms with van der Waals surface area (Å²) in [5.41, 5.74) is 2.15. The van der Waals surface area contributed by atoms with Crippen molar-refractivity contribution in [3.8, 4) is 5.75 Å². The van der Waals surface area contributed by atoms with E-state index in [1.54, 1.807) is 40.0 Å². The maximum atomic E-state index is 14.1. The number of hydrogen-bond donors (Lipinski definition) is 1. The first-order valence-electron chi connectivity index (χ1n) is 15.2. The van der Waals surface area contributed by atoms with Crippen LogP contribution in [0.5, 0.6) is 5.75 Å². The van der Waals surface area contributed by atoms with Gasteiger partial charge in [0.2, 0.25) is 15.9 Å². The van der Waals surface area contributed by atoms with Crippen LogP contribution in [0.25, 0.3) is 0 Å².